The normalized spacial score (nSPS) is 10.4. The van der Waals surface area contributed by atoms with Crippen molar-refractivity contribution in [3.8, 4) is 11.8 Å². The molecule has 0 amide bonds. The van der Waals surface area contributed by atoms with E-state index in [1.165, 1.54) is 18.9 Å². The fourth-order valence-corrected chi connectivity index (χ4v) is 1.98. The van der Waals surface area contributed by atoms with Gasteiger partial charge in [-0.2, -0.15) is 0 Å². The number of halogens is 1. The van der Waals surface area contributed by atoms with E-state index in [1.807, 2.05) is 13.1 Å². The highest BCUT2D eigenvalue weighted by molar-refractivity contribution is 5.37. The van der Waals surface area contributed by atoms with Gasteiger partial charge in [-0.3, -0.25) is 0 Å². The zero-order valence-corrected chi connectivity index (χ0v) is 12.5. The topological polar surface area (TPSA) is 23.5 Å². The lowest BCUT2D eigenvalue weighted by Crippen LogP contribution is -2.19. The largest absolute Gasteiger partial charge is 0.395 e. The number of unbranched alkanes of at least 4 members (excludes halogenated alkanes) is 2. The Balaban J connectivity index is 2.57. The fraction of sp³-hybridized carbons (Fsp3) is 0.529. The van der Waals surface area contributed by atoms with Crippen molar-refractivity contribution in [2.75, 3.05) is 20.2 Å². The van der Waals surface area contributed by atoms with Gasteiger partial charge in [0.2, 0.25) is 0 Å². The summed E-state index contributed by atoms with van der Waals surface area (Å²) in [6.45, 7) is 3.83. The van der Waals surface area contributed by atoms with Gasteiger partial charge in [-0.25, -0.2) is 4.39 Å². The lowest BCUT2D eigenvalue weighted by Gasteiger charge is -2.16. The molecule has 0 aliphatic carbocycles. The summed E-state index contributed by atoms with van der Waals surface area (Å²) in [7, 11) is 2.02. The Morgan fingerprint density at radius 3 is 2.75 bits per heavy atom. The maximum atomic E-state index is 14.0. The molecule has 0 radical (unpaired) electrons. The van der Waals surface area contributed by atoms with Crippen LogP contribution in [0.2, 0.25) is 0 Å². The van der Waals surface area contributed by atoms with Crippen molar-refractivity contribution in [3.05, 3.63) is 35.1 Å². The zero-order chi connectivity index (χ0) is 14.8. The molecular formula is C17H24FNO. The predicted octanol–water partition coefficient (Wildman–Crippen LogP) is 3.18. The first-order valence-electron chi connectivity index (χ1n) is 7.24. The number of nitrogens with zero attached hydrogens (tertiary/aromatic N) is 1. The number of hydrogen-bond donors (Lipinski definition) is 1. The SMILES string of the molecule is CCCCCN(C)Cc1ccc(C#CCCO)cc1F. The molecule has 0 spiro atoms. The standard InChI is InChI=1S/C17H24FNO/c1-3-4-6-11-19(2)14-16-10-9-15(13-17(16)18)8-5-7-12-20/h9-10,13,20H,3-4,6-7,11-12,14H2,1-2H3. The number of hydrogen-bond acceptors (Lipinski definition) is 2. The predicted molar refractivity (Wildman–Crippen MR) is 80.8 cm³/mol. The third-order valence-electron chi connectivity index (χ3n) is 3.11. The summed E-state index contributed by atoms with van der Waals surface area (Å²) < 4.78 is 14.0. The van der Waals surface area contributed by atoms with Crippen molar-refractivity contribution in [2.24, 2.45) is 0 Å². The first-order chi connectivity index (χ1) is 9.67. The highest BCUT2D eigenvalue weighted by Crippen LogP contribution is 2.12. The molecule has 0 heterocycles. The summed E-state index contributed by atoms with van der Waals surface area (Å²) in [6, 6.07) is 5.11. The van der Waals surface area contributed by atoms with E-state index < -0.39 is 0 Å². The van der Waals surface area contributed by atoms with E-state index in [0.717, 1.165) is 13.0 Å². The van der Waals surface area contributed by atoms with Crippen LogP contribution in [0.5, 0.6) is 0 Å². The van der Waals surface area contributed by atoms with Crippen LogP contribution in [0.25, 0.3) is 0 Å². The van der Waals surface area contributed by atoms with E-state index in [0.29, 0.717) is 24.1 Å². The van der Waals surface area contributed by atoms with Gasteiger partial charge in [0.05, 0.1) is 6.61 Å². The highest BCUT2D eigenvalue weighted by atomic mass is 19.1. The molecule has 1 N–H and O–H groups in total. The van der Waals surface area contributed by atoms with Gasteiger partial charge in [0.25, 0.3) is 0 Å². The van der Waals surface area contributed by atoms with Gasteiger partial charge in [0.15, 0.2) is 0 Å². The Morgan fingerprint density at radius 1 is 1.30 bits per heavy atom. The molecule has 3 heteroatoms. The third kappa shape index (κ3) is 6.18. The molecule has 20 heavy (non-hydrogen) atoms. The summed E-state index contributed by atoms with van der Waals surface area (Å²) in [6.07, 6.45) is 3.98. The minimum atomic E-state index is -0.205. The Morgan fingerprint density at radius 2 is 2.10 bits per heavy atom. The second-order valence-electron chi connectivity index (χ2n) is 5.03. The molecule has 0 bridgehead atoms. The van der Waals surface area contributed by atoms with Crippen molar-refractivity contribution >= 4 is 0 Å². The van der Waals surface area contributed by atoms with Gasteiger partial charge in [0, 0.05) is 24.1 Å². The van der Waals surface area contributed by atoms with Crippen LogP contribution in [-0.2, 0) is 6.54 Å². The Hall–Kier alpha value is -1.37. The van der Waals surface area contributed by atoms with Crippen molar-refractivity contribution in [1.82, 2.24) is 4.90 Å². The molecule has 0 fully saturated rings. The smallest absolute Gasteiger partial charge is 0.128 e. The summed E-state index contributed by atoms with van der Waals surface area (Å²) in [5.41, 5.74) is 1.37. The van der Waals surface area contributed by atoms with Crippen molar-refractivity contribution in [3.63, 3.8) is 0 Å². The molecule has 0 aliphatic rings. The van der Waals surface area contributed by atoms with Gasteiger partial charge in [-0.1, -0.05) is 37.7 Å². The van der Waals surface area contributed by atoms with Crippen LogP contribution in [0.4, 0.5) is 4.39 Å². The minimum absolute atomic E-state index is 0.0378. The second kappa shape index (κ2) is 9.52. The maximum Gasteiger partial charge on any atom is 0.128 e. The van der Waals surface area contributed by atoms with Crippen LogP contribution in [0, 0.1) is 17.7 Å². The molecule has 2 nitrogen and oxygen atoms in total. The summed E-state index contributed by atoms with van der Waals surface area (Å²) in [5.74, 6) is 5.44. The first-order valence-corrected chi connectivity index (χ1v) is 7.24. The lowest BCUT2D eigenvalue weighted by atomic mass is 10.1. The molecule has 0 unspecified atom stereocenters. The molecule has 0 atom stereocenters. The molecule has 0 saturated carbocycles. The van der Waals surface area contributed by atoms with Crippen LogP contribution in [0.1, 0.15) is 43.7 Å². The summed E-state index contributed by atoms with van der Waals surface area (Å²) in [5, 5.41) is 8.65. The van der Waals surface area contributed by atoms with Crippen LogP contribution in [0.15, 0.2) is 18.2 Å². The fourth-order valence-electron chi connectivity index (χ4n) is 1.98. The Kier molecular flexibility index (Phi) is 7.94. The van der Waals surface area contributed by atoms with Gasteiger partial charge >= 0.3 is 0 Å². The van der Waals surface area contributed by atoms with Crippen LogP contribution < -0.4 is 0 Å². The van der Waals surface area contributed by atoms with E-state index in [-0.39, 0.29) is 12.4 Å². The number of aliphatic hydroxyl groups is 1. The lowest BCUT2D eigenvalue weighted by molar-refractivity contribution is 0.305. The van der Waals surface area contributed by atoms with Gasteiger partial charge in [0.1, 0.15) is 5.82 Å². The van der Waals surface area contributed by atoms with Gasteiger partial charge < -0.3 is 10.0 Å². The van der Waals surface area contributed by atoms with E-state index in [9.17, 15) is 4.39 Å². The monoisotopic (exact) mass is 277 g/mol. The van der Waals surface area contributed by atoms with Crippen LogP contribution >= 0.6 is 0 Å². The average molecular weight is 277 g/mol. The van der Waals surface area contributed by atoms with E-state index >= 15 is 0 Å². The third-order valence-corrected chi connectivity index (χ3v) is 3.11. The first kappa shape index (κ1) is 16.7. The average Bonchev–Trinajstić information content (AvgIpc) is 2.42. The number of rotatable bonds is 7. The maximum absolute atomic E-state index is 14.0. The Bertz CT molecular complexity index is 462. The quantitative estimate of drug-likeness (QED) is 0.611. The van der Waals surface area contributed by atoms with Gasteiger partial charge in [-0.15, -0.1) is 0 Å². The second-order valence-corrected chi connectivity index (χ2v) is 5.03. The van der Waals surface area contributed by atoms with E-state index in [2.05, 4.69) is 23.7 Å². The van der Waals surface area contributed by atoms with Crippen LogP contribution in [0.3, 0.4) is 0 Å². The molecule has 0 aliphatic heterocycles. The molecule has 0 saturated heterocycles. The van der Waals surface area contributed by atoms with Crippen LogP contribution in [-0.4, -0.2) is 30.2 Å². The molecule has 1 aromatic carbocycles. The molecule has 0 aromatic heterocycles. The molecule has 1 aromatic rings. The molecule has 110 valence electrons. The van der Waals surface area contributed by atoms with E-state index in [4.69, 9.17) is 5.11 Å². The molecular weight excluding hydrogens is 253 g/mol. The minimum Gasteiger partial charge on any atom is -0.395 e. The summed E-state index contributed by atoms with van der Waals surface area (Å²) >= 11 is 0. The van der Waals surface area contributed by atoms with Crippen molar-refractivity contribution < 1.29 is 9.50 Å². The van der Waals surface area contributed by atoms with Crippen molar-refractivity contribution in [1.29, 1.82) is 0 Å². The summed E-state index contributed by atoms with van der Waals surface area (Å²) in [4.78, 5) is 2.14. The molecule has 1 rings (SSSR count). The number of benzene rings is 1. The number of aliphatic hydroxyl groups excluding tert-OH is 1. The Labute approximate surface area is 121 Å². The van der Waals surface area contributed by atoms with Crippen molar-refractivity contribution in [2.45, 2.75) is 39.2 Å². The van der Waals surface area contributed by atoms with Gasteiger partial charge in [-0.05, 0) is 32.1 Å². The highest BCUT2D eigenvalue weighted by Gasteiger charge is 2.06. The van der Waals surface area contributed by atoms with E-state index in [1.54, 1.807) is 6.07 Å². The zero-order valence-electron chi connectivity index (χ0n) is 12.5.